The van der Waals surface area contributed by atoms with E-state index in [-0.39, 0.29) is 17.9 Å². The maximum atomic E-state index is 11.4. The van der Waals surface area contributed by atoms with Crippen LogP contribution in [0.25, 0.3) is 0 Å². The van der Waals surface area contributed by atoms with Crippen LogP contribution in [0, 0.1) is 6.92 Å². The first-order valence-corrected chi connectivity index (χ1v) is 6.19. The summed E-state index contributed by atoms with van der Waals surface area (Å²) in [5.41, 5.74) is 0.720. The molecule has 102 valence electrons. The third-order valence-corrected chi connectivity index (χ3v) is 2.55. The van der Waals surface area contributed by atoms with Crippen molar-refractivity contribution < 1.29 is 14.3 Å². The molecular formula is C13H22N2O3. The predicted octanol–water partition coefficient (Wildman–Crippen LogP) is 1.32. The minimum atomic E-state index is -0.123. The van der Waals surface area contributed by atoms with Crippen molar-refractivity contribution in [1.82, 2.24) is 10.3 Å². The molecule has 0 saturated heterocycles. The Hall–Kier alpha value is -1.36. The van der Waals surface area contributed by atoms with Gasteiger partial charge in [-0.1, -0.05) is 20.8 Å². The molecule has 0 saturated carbocycles. The van der Waals surface area contributed by atoms with Crippen molar-refractivity contribution >= 4 is 5.91 Å². The summed E-state index contributed by atoms with van der Waals surface area (Å²) in [5.74, 6) is 1.38. The first-order chi connectivity index (χ1) is 8.34. The average Bonchev–Trinajstić information content (AvgIpc) is 2.65. The van der Waals surface area contributed by atoms with Crippen LogP contribution in [-0.4, -0.2) is 29.1 Å². The number of amides is 1. The lowest BCUT2D eigenvalue weighted by Crippen LogP contribution is -2.26. The quantitative estimate of drug-likeness (QED) is 0.831. The van der Waals surface area contributed by atoms with E-state index in [1.807, 2.05) is 27.7 Å². The summed E-state index contributed by atoms with van der Waals surface area (Å²) in [7, 11) is 0. The van der Waals surface area contributed by atoms with Gasteiger partial charge in [0.25, 0.3) is 0 Å². The summed E-state index contributed by atoms with van der Waals surface area (Å²) in [5, 5.41) is 11.2. The normalized spacial score (nSPS) is 11.6. The minimum Gasteiger partial charge on any atom is -0.445 e. The van der Waals surface area contributed by atoms with Crippen LogP contribution in [0.15, 0.2) is 4.42 Å². The number of aryl methyl sites for hydroxylation is 2. The van der Waals surface area contributed by atoms with Crippen molar-refractivity contribution in [3.63, 3.8) is 0 Å². The SMILES string of the molecule is Cc1nc(C(C)(C)C)oc1CCC(=O)NCCO. The van der Waals surface area contributed by atoms with Crippen molar-refractivity contribution in [1.29, 1.82) is 0 Å². The number of carbonyl (C=O) groups is 1. The zero-order valence-corrected chi connectivity index (χ0v) is 11.5. The van der Waals surface area contributed by atoms with E-state index in [0.29, 0.717) is 25.3 Å². The van der Waals surface area contributed by atoms with Gasteiger partial charge in [-0.2, -0.15) is 0 Å². The second kappa shape index (κ2) is 6.00. The van der Waals surface area contributed by atoms with Crippen LogP contribution in [0.4, 0.5) is 0 Å². The summed E-state index contributed by atoms with van der Waals surface area (Å²) < 4.78 is 5.69. The third kappa shape index (κ3) is 4.14. The van der Waals surface area contributed by atoms with Gasteiger partial charge in [-0.15, -0.1) is 0 Å². The molecule has 0 aliphatic carbocycles. The number of aromatic nitrogens is 1. The van der Waals surface area contributed by atoms with Crippen molar-refractivity contribution in [2.24, 2.45) is 0 Å². The predicted molar refractivity (Wildman–Crippen MR) is 68.4 cm³/mol. The highest BCUT2D eigenvalue weighted by molar-refractivity contribution is 5.76. The molecule has 0 aromatic carbocycles. The summed E-state index contributed by atoms with van der Waals surface area (Å²) in [6, 6.07) is 0. The molecule has 5 heteroatoms. The maximum absolute atomic E-state index is 11.4. The molecule has 1 amide bonds. The monoisotopic (exact) mass is 254 g/mol. The first-order valence-electron chi connectivity index (χ1n) is 6.19. The van der Waals surface area contributed by atoms with Crippen LogP contribution in [0.2, 0.25) is 0 Å². The molecule has 0 radical (unpaired) electrons. The lowest BCUT2D eigenvalue weighted by molar-refractivity contribution is -0.121. The van der Waals surface area contributed by atoms with Gasteiger partial charge in [0, 0.05) is 24.8 Å². The Morgan fingerprint density at radius 3 is 2.61 bits per heavy atom. The van der Waals surface area contributed by atoms with E-state index in [0.717, 1.165) is 11.5 Å². The highest BCUT2D eigenvalue weighted by Gasteiger charge is 2.22. The van der Waals surface area contributed by atoms with Crippen LogP contribution < -0.4 is 5.32 Å². The van der Waals surface area contributed by atoms with Crippen LogP contribution in [0.3, 0.4) is 0 Å². The van der Waals surface area contributed by atoms with E-state index in [1.54, 1.807) is 0 Å². The molecule has 0 aliphatic rings. The Balaban J connectivity index is 2.58. The van der Waals surface area contributed by atoms with Crippen molar-refractivity contribution in [2.75, 3.05) is 13.2 Å². The van der Waals surface area contributed by atoms with Crippen molar-refractivity contribution in [2.45, 2.75) is 46.0 Å². The van der Waals surface area contributed by atoms with Gasteiger partial charge in [-0.3, -0.25) is 4.79 Å². The highest BCUT2D eigenvalue weighted by atomic mass is 16.4. The van der Waals surface area contributed by atoms with Gasteiger partial charge in [-0.25, -0.2) is 4.98 Å². The molecule has 18 heavy (non-hydrogen) atoms. The maximum Gasteiger partial charge on any atom is 0.220 e. The third-order valence-electron chi connectivity index (χ3n) is 2.55. The van der Waals surface area contributed by atoms with Crippen LogP contribution in [0.1, 0.15) is 44.5 Å². The molecule has 1 rings (SSSR count). The Morgan fingerprint density at radius 1 is 1.44 bits per heavy atom. The van der Waals surface area contributed by atoms with Crippen LogP contribution in [-0.2, 0) is 16.6 Å². The van der Waals surface area contributed by atoms with Gasteiger partial charge in [0.15, 0.2) is 5.89 Å². The average molecular weight is 254 g/mol. The molecule has 0 aliphatic heterocycles. The van der Waals surface area contributed by atoms with E-state index in [2.05, 4.69) is 10.3 Å². The van der Waals surface area contributed by atoms with Gasteiger partial charge < -0.3 is 14.8 Å². The fraction of sp³-hybridized carbons (Fsp3) is 0.692. The first kappa shape index (κ1) is 14.7. The summed E-state index contributed by atoms with van der Waals surface area (Å²) in [6.07, 6.45) is 0.881. The molecule has 1 aromatic heterocycles. The number of rotatable bonds is 5. The van der Waals surface area contributed by atoms with Crippen molar-refractivity contribution in [3.05, 3.63) is 17.3 Å². The van der Waals surface area contributed by atoms with Gasteiger partial charge in [0.05, 0.1) is 12.3 Å². The van der Waals surface area contributed by atoms with E-state index in [4.69, 9.17) is 9.52 Å². The highest BCUT2D eigenvalue weighted by Crippen LogP contribution is 2.24. The molecular weight excluding hydrogens is 232 g/mol. The standard InChI is InChI=1S/C13H22N2O3/c1-9-10(5-6-11(17)14-7-8-16)18-12(15-9)13(2,3)4/h16H,5-8H2,1-4H3,(H,14,17). The number of aliphatic hydroxyl groups is 1. The number of hydrogen-bond acceptors (Lipinski definition) is 4. The van der Waals surface area contributed by atoms with Gasteiger partial charge >= 0.3 is 0 Å². The molecule has 0 bridgehead atoms. The Labute approximate surface area is 108 Å². The van der Waals surface area contributed by atoms with Crippen LogP contribution in [0.5, 0.6) is 0 Å². The second-order valence-corrected chi connectivity index (χ2v) is 5.35. The second-order valence-electron chi connectivity index (χ2n) is 5.35. The molecule has 5 nitrogen and oxygen atoms in total. The fourth-order valence-electron chi connectivity index (χ4n) is 1.49. The van der Waals surface area contributed by atoms with Crippen LogP contribution >= 0.6 is 0 Å². The molecule has 1 aromatic rings. The molecule has 2 N–H and O–H groups in total. The number of oxazole rings is 1. The number of carbonyl (C=O) groups excluding carboxylic acids is 1. The number of aliphatic hydroxyl groups excluding tert-OH is 1. The molecule has 0 unspecified atom stereocenters. The number of nitrogens with zero attached hydrogens (tertiary/aromatic N) is 1. The zero-order chi connectivity index (χ0) is 13.8. The lowest BCUT2D eigenvalue weighted by Gasteiger charge is -2.12. The fourth-order valence-corrected chi connectivity index (χ4v) is 1.49. The molecule has 0 atom stereocenters. The van der Waals surface area contributed by atoms with Gasteiger partial charge in [-0.05, 0) is 6.92 Å². The summed E-state index contributed by atoms with van der Waals surface area (Å²) >= 11 is 0. The Kier molecular flexibility index (Phi) is 4.90. The number of hydrogen-bond donors (Lipinski definition) is 2. The Morgan fingerprint density at radius 2 is 2.11 bits per heavy atom. The van der Waals surface area contributed by atoms with Gasteiger partial charge in [0.1, 0.15) is 5.76 Å². The van der Waals surface area contributed by atoms with E-state index >= 15 is 0 Å². The van der Waals surface area contributed by atoms with E-state index in [1.165, 1.54) is 0 Å². The van der Waals surface area contributed by atoms with E-state index < -0.39 is 0 Å². The molecule has 1 heterocycles. The zero-order valence-electron chi connectivity index (χ0n) is 11.5. The minimum absolute atomic E-state index is 0.0404. The largest absolute Gasteiger partial charge is 0.445 e. The number of nitrogens with one attached hydrogen (secondary N) is 1. The van der Waals surface area contributed by atoms with Gasteiger partial charge in [0.2, 0.25) is 5.91 Å². The van der Waals surface area contributed by atoms with Crippen molar-refractivity contribution in [3.8, 4) is 0 Å². The smallest absolute Gasteiger partial charge is 0.220 e. The summed E-state index contributed by atoms with van der Waals surface area (Å²) in [4.78, 5) is 15.8. The van der Waals surface area contributed by atoms with E-state index in [9.17, 15) is 4.79 Å². The topological polar surface area (TPSA) is 75.4 Å². The Bertz CT molecular complexity index is 405. The molecule has 0 fully saturated rings. The molecule has 0 spiro atoms. The summed E-state index contributed by atoms with van der Waals surface area (Å²) in [6.45, 7) is 8.25. The lowest BCUT2D eigenvalue weighted by atomic mass is 9.97.